The van der Waals surface area contributed by atoms with E-state index >= 15 is 0 Å². The Morgan fingerprint density at radius 1 is 1.28 bits per heavy atom. The lowest BCUT2D eigenvalue weighted by atomic mass is 9.86. The fourth-order valence-electron chi connectivity index (χ4n) is 4.22. The second kappa shape index (κ2) is 8.51. The van der Waals surface area contributed by atoms with E-state index in [-0.39, 0.29) is 18.1 Å². The molecular weight excluding hydrogens is 368 g/mol. The van der Waals surface area contributed by atoms with Gasteiger partial charge in [-0.1, -0.05) is 19.0 Å². The fourth-order valence-corrected chi connectivity index (χ4v) is 4.22. The highest BCUT2D eigenvalue weighted by Gasteiger charge is 2.30. The summed E-state index contributed by atoms with van der Waals surface area (Å²) in [6, 6.07) is 0.162. The molecule has 1 saturated heterocycles. The number of hydrogen-bond donors (Lipinski definition) is 0. The number of carbonyl (C=O) groups is 1. The Morgan fingerprint density at radius 2 is 2.00 bits per heavy atom. The number of methoxy groups -OCH3 is 1. The molecular formula is C22H32N4O3. The zero-order chi connectivity index (χ0) is 21.3. The molecule has 1 fully saturated rings. The van der Waals surface area contributed by atoms with E-state index in [1.807, 2.05) is 18.7 Å². The first-order chi connectivity index (χ1) is 13.7. The minimum absolute atomic E-state index is 0.162. The van der Waals surface area contributed by atoms with Crippen molar-refractivity contribution in [1.29, 1.82) is 0 Å². The van der Waals surface area contributed by atoms with Crippen molar-refractivity contribution in [3.8, 4) is 11.3 Å². The van der Waals surface area contributed by atoms with Gasteiger partial charge in [0.15, 0.2) is 0 Å². The van der Waals surface area contributed by atoms with Crippen LogP contribution in [0.4, 0.5) is 4.79 Å². The predicted octanol–water partition coefficient (Wildman–Crippen LogP) is 4.59. The number of aryl methyl sites for hydroxylation is 2. The zero-order valence-electron chi connectivity index (χ0n) is 18.6. The Balaban J connectivity index is 1.91. The highest BCUT2D eigenvalue weighted by Crippen LogP contribution is 2.33. The molecule has 0 radical (unpaired) electrons. The Kier molecular flexibility index (Phi) is 6.24. The van der Waals surface area contributed by atoms with E-state index in [0.29, 0.717) is 5.92 Å². The molecule has 2 aromatic heterocycles. The van der Waals surface area contributed by atoms with Gasteiger partial charge in [-0.3, -0.25) is 0 Å². The van der Waals surface area contributed by atoms with Crippen LogP contribution in [0.5, 0.6) is 0 Å². The molecule has 2 aromatic rings. The standard InChI is InChI=1S/C22H32N4O3/c1-12(2)21-23-18(11-17-8-9-26(13(3)10-17)22(27)28-7)14(4)20(24-21)19-15(5)25-29-16(19)6/h12-13,17H,8-11H2,1-7H3/t13-,17-/m0/s1. The van der Waals surface area contributed by atoms with Crippen molar-refractivity contribution >= 4 is 6.09 Å². The highest BCUT2D eigenvalue weighted by atomic mass is 16.5. The van der Waals surface area contributed by atoms with E-state index in [0.717, 1.165) is 65.6 Å². The summed E-state index contributed by atoms with van der Waals surface area (Å²) in [6.07, 6.45) is 2.53. The maximum Gasteiger partial charge on any atom is 0.409 e. The summed E-state index contributed by atoms with van der Waals surface area (Å²) in [7, 11) is 1.44. The SMILES string of the molecule is COC(=O)N1CC[C@H](Cc2nc(C(C)C)nc(-c3c(C)noc3C)c2C)C[C@@H]1C. The Labute approximate surface area is 172 Å². The van der Waals surface area contributed by atoms with Crippen LogP contribution in [-0.4, -0.2) is 45.8 Å². The van der Waals surface area contributed by atoms with Crippen LogP contribution >= 0.6 is 0 Å². The molecule has 3 heterocycles. The van der Waals surface area contributed by atoms with Gasteiger partial charge in [-0.2, -0.15) is 0 Å². The number of aromatic nitrogens is 3. The molecule has 3 rings (SSSR count). The number of hydrogen-bond acceptors (Lipinski definition) is 6. The molecule has 2 atom stereocenters. The van der Waals surface area contributed by atoms with Crippen molar-refractivity contribution < 1.29 is 14.1 Å². The molecule has 0 spiro atoms. The van der Waals surface area contributed by atoms with Crippen molar-refractivity contribution in [3.63, 3.8) is 0 Å². The van der Waals surface area contributed by atoms with Crippen molar-refractivity contribution in [3.05, 3.63) is 28.5 Å². The first-order valence-electron chi connectivity index (χ1n) is 10.4. The van der Waals surface area contributed by atoms with E-state index in [1.165, 1.54) is 7.11 Å². The van der Waals surface area contributed by atoms with Crippen LogP contribution in [-0.2, 0) is 11.2 Å². The third-order valence-corrected chi connectivity index (χ3v) is 5.93. The number of piperidine rings is 1. The maximum atomic E-state index is 11.9. The van der Waals surface area contributed by atoms with Gasteiger partial charge < -0.3 is 14.2 Å². The van der Waals surface area contributed by atoms with Gasteiger partial charge in [0.05, 0.1) is 24.1 Å². The van der Waals surface area contributed by atoms with Crippen LogP contribution < -0.4 is 0 Å². The summed E-state index contributed by atoms with van der Waals surface area (Å²) in [5.74, 6) is 2.33. The molecule has 7 nitrogen and oxygen atoms in total. The average molecular weight is 401 g/mol. The fraction of sp³-hybridized carbons (Fsp3) is 0.636. The second-order valence-electron chi connectivity index (χ2n) is 8.46. The third kappa shape index (κ3) is 4.28. The molecule has 29 heavy (non-hydrogen) atoms. The molecule has 7 heteroatoms. The molecule has 0 bridgehead atoms. The molecule has 0 saturated carbocycles. The van der Waals surface area contributed by atoms with Crippen LogP contribution in [0.3, 0.4) is 0 Å². The molecule has 0 aliphatic carbocycles. The van der Waals surface area contributed by atoms with Gasteiger partial charge in [-0.05, 0) is 58.4 Å². The minimum atomic E-state index is -0.239. The number of carbonyl (C=O) groups excluding carboxylic acids is 1. The molecule has 1 aliphatic heterocycles. The van der Waals surface area contributed by atoms with Gasteiger partial charge in [-0.15, -0.1) is 0 Å². The molecule has 0 N–H and O–H groups in total. The number of ether oxygens (including phenoxy) is 1. The molecule has 1 aliphatic rings. The molecule has 0 unspecified atom stereocenters. The summed E-state index contributed by atoms with van der Waals surface area (Å²) in [5.41, 5.74) is 4.93. The second-order valence-corrected chi connectivity index (χ2v) is 8.46. The smallest absolute Gasteiger partial charge is 0.409 e. The lowest BCUT2D eigenvalue weighted by Gasteiger charge is -2.36. The van der Waals surface area contributed by atoms with Gasteiger partial charge >= 0.3 is 6.09 Å². The van der Waals surface area contributed by atoms with E-state index in [2.05, 4.69) is 32.9 Å². The molecule has 1 amide bonds. The van der Waals surface area contributed by atoms with E-state index in [4.69, 9.17) is 19.2 Å². The van der Waals surface area contributed by atoms with Crippen LogP contribution in [0.15, 0.2) is 4.52 Å². The van der Waals surface area contributed by atoms with Gasteiger partial charge in [-0.25, -0.2) is 14.8 Å². The van der Waals surface area contributed by atoms with Crippen molar-refractivity contribution in [2.75, 3.05) is 13.7 Å². The average Bonchev–Trinajstić information content (AvgIpc) is 3.01. The minimum Gasteiger partial charge on any atom is -0.453 e. The number of amides is 1. The predicted molar refractivity (Wildman–Crippen MR) is 111 cm³/mol. The quantitative estimate of drug-likeness (QED) is 0.747. The lowest BCUT2D eigenvalue weighted by Crippen LogP contribution is -2.45. The first-order valence-corrected chi connectivity index (χ1v) is 10.4. The first kappa shape index (κ1) is 21.3. The van der Waals surface area contributed by atoms with Crippen LogP contribution in [0.25, 0.3) is 11.3 Å². The topological polar surface area (TPSA) is 81.4 Å². The van der Waals surface area contributed by atoms with Crippen LogP contribution in [0, 0.1) is 26.7 Å². The highest BCUT2D eigenvalue weighted by molar-refractivity contribution is 5.68. The van der Waals surface area contributed by atoms with Crippen LogP contribution in [0.2, 0.25) is 0 Å². The van der Waals surface area contributed by atoms with Gasteiger partial charge in [0, 0.05) is 24.2 Å². The summed E-state index contributed by atoms with van der Waals surface area (Å²) < 4.78 is 10.3. The number of likely N-dealkylation sites (tertiary alicyclic amines) is 1. The summed E-state index contributed by atoms with van der Waals surface area (Å²) in [5, 5.41) is 4.11. The Hall–Kier alpha value is -2.44. The van der Waals surface area contributed by atoms with Crippen molar-refractivity contribution in [2.24, 2.45) is 5.92 Å². The lowest BCUT2D eigenvalue weighted by molar-refractivity contribution is 0.0809. The van der Waals surface area contributed by atoms with Gasteiger partial charge in [0.25, 0.3) is 0 Å². The van der Waals surface area contributed by atoms with Crippen molar-refractivity contribution in [2.45, 2.75) is 72.8 Å². The largest absolute Gasteiger partial charge is 0.453 e. The van der Waals surface area contributed by atoms with Crippen LogP contribution in [0.1, 0.15) is 68.1 Å². The van der Waals surface area contributed by atoms with E-state index in [1.54, 1.807) is 0 Å². The zero-order valence-corrected chi connectivity index (χ0v) is 18.6. The summed E-state index contributed by atoms with van der Waals surface area (Å²) in [4.78, 5) is 23.5. The van der Waals surface area contributed by atoms with E-state index < -0.39 is 0 Å². The normalized spacial score (nSPS) is 19.7. The van der Waals surface area contributed by atoms with Gasteiger partial charge in [0.1, 0.15) is 11.6 Å². The van der Waals surface area contributed by atoms with Crippen molar-refractivity contribution in [1.82, 2.24) is 20.0 Å². The summed E-state index contributed by atoms with van der Waals surface area (Å²) in [6.45, 7) is 13.0. The number of nitrogens with zero attached hydrogens (tertiary/aromatic N) is 4. The number of rotatable bonds is 4. The monoisotopic (exact) mass is 400 g/mol. The Bertz CT molecular complexity index is 871. The maximum absolute atomic E-state index is 11.9. The third-order valence-electron chi connectivity index (χ3n) is 5.93. The van der Waals surface area contributed by atoms with Gasteiger partial charge in [0.2, 0.25) is 0 Å². The molecule has 0 aromatic carbocycles. The molecule has 158 valence electrons. The summed E-state index contributed by atoms with van der Waals surface area (Å²) >= 11 is 0. The van der Waals surface area contributed by atoms with E-state index in [9.17, 15) is 4.79 Å². The Morgan fingerprint density at radius 3 is 2.55 bits per heavy atom.